The lowest BCUT2D eigenvalue weighted by molar-refractivity contribution is -0.366. The first kappa shape index (κ1) is 105. The highest BCUT2D eigenvalue weighted by atomic mass is 35.5. The van der Waals surface area contributed by atoms with Gasteiger partial charge in [0.15, 0.2) is 0 Å². The summed E-state index contributed by atoms with van der Waals surface area (Å²) in [5, 5.41) is 68.2. The number of rotatable bonds is 14. The highest BCUT2D eigenvalue weighted by Gasteiger charge is 2.67. The lowest BCUT2D eigenvalue weighted by Gasteiger charge is -2.60. The minimum atomic E-state index is -1.03. The smallest absolute Gasteiger partial charge is 0.336 e. The first-order valence-electron chi connectivity index (χ1n) is 53.4. The van der Waals surface area contributed by atoms with E-state index in [0.29, 0.717) is 131 Å². The molecule has 3 aliphatic heterocycles. The number of methoxy groups -OCH3 is 1. The predicted octanol–water partition coefficient (Wildman–Crippen LogP) is 18.5. The molecule has 0 bridgehead atoms. The number of hydrogen-bond donors (Lipinski definition) is 12. The summed E-state index contributed by atoms with van der Waals surface area (Å²) in [6.07, 6.45) is 41.5. The van der Waals surface area contributed by atoms with E-state index in [0.717, 1.165) is 148 Å². The Morgan fingerprint density at radius 3 is 1.36 bits per heavy atom. The van der Waals surface area contributed by atoms with Crippen LogP contribution in [0.5, 0.6) is 11.5 Å². The van der Waals surface area contributed by atoms with Crippen LogP contribution in [0.25, 0.3) is 32.7 Å². The van der Waals surface area contributed by atoms with Gasteiger partial charge in [-0.1, -0.05) is 146 Å². The number of benzene rings is 3. The quantitative estimate of drug-likeness (QED) is 0.0274. The molecule has 16 N–H and O–H groups in total. The van der Waals surface area contributed by atoms with Crippen LogP contribution in [0.4, 0.5) is 0 Å². The number of quaternary nitrogens is 1. The fourth-order valence-corrected chi connectivity index (χ4v) is 32.8. The summed E-state index contributed by atoms with van der Waals surface area (Å²) in [5.41, 5.74) is 31.3. The summed E-state index contributed by atoms with van der Waals surface area (Å²) in [6, 6.07) is 19.7. The van der Waals surface area contributed by atoms with Crippen LogP contribution in [0, 0.1) is 133 Å². The number of nitrogens with one attached hydrogen (secondary N) is 3. The number of phenols is 1. The molecule has 20 heteroatoms. The molecule has 24 unspecified atom stereocenters. The van der Waals surface area contributed by atoms with Crippen molar-refractivity contribution >= 4 is 50.6 Å². The number of cyclic esters (lactones) is 3. The molecule has 15 aliphatic rings. The second-order valence-corrected chi connectivity index (χ2v) is 48.1. The molecule has 6 aromatic rings. The monoisotopic (exact) mass is 1920 g/mol. The number of para-hydroxylation sites is 1. The van der Waals surface area contributed by atoms with E-state index in [-0.39, 0.29) is 100 Å². The van der Waals surface area contributed by atoms with Crippen molar-refractivity contribution in [2.24, 2.45) is 145 Å². The van der Waals surface area contributed by atoms with Gasteiger partial charge in [0.25, 0.3) is 0 Å². The zero-order valence-corrected chi connectivity index (χ0v) is 87.5. The van der Waals surface area contributed by atoms with Gasteiger partial charge in [0, 0.05) is 104 Å². The number of H-pyrrole nitrogens is 3. The van der Waals surface area contributed by atoms with Crippen molar-refractivity contribution in [3.05, 3.63) is 164 Å². The number of ether oxygens (including phenoxy) is 4. The van der Waals surface area contributed by atoms with Crippen molar-refractivity contribution in [1.29, 1.82) is 0 Å². The molecule has 0 spiro atoms. The Morgan fingerprint density at radius 2 is 0.906 bits per heavy atom. The van der Waals surface area contributed by atoms with Gasteiger partial charge in [-0.2, -0.15) is 0 Å². The first-order valence-corrected chi connectivity index (χ1v) is 53.4. The number of esters is 3. The molecule has 3 aromatic carbocycles. The van der Waals surface area contributed by atoms with Gasteiger partial charge in [-0.15, -0.1) is 0 Å². The number of allylic oxidation sites excluding steroid dienone is 3. The number of halogens is 1. The number of carbonyl (C=O) groups excluding carboxylic acids is 3. The molecular formula is C118H171ClN6O13. The summed E-state index contributed by atoms with van der Waals surface area (Å²) in [5.74, 6) is 9.91. The number of fused-ring (bicyclic) bond motifs is 18. The predicted molar refractivity (Wildman–Crippen MR) is 546 cm³/mol. The highest BCUT2D eigenvalue weighted by Crippen LogP contribution is 2.72. The maximum Gasteiger partial charge on any atom is 0.336 e. The number of aliphatic hydroxyl groups excluding tert-OH is 4. The zero-order chi connectivity index (χ0) is 98.2. The minimum absolute atomic E-state index is 0. The van der Waals surface area contributed by atoms with Crippen LogP contribution in [0.1, 0.15) is 288 Å². The number of aromatic hydroxyl groups is 1. The molecule has 9 fully saturated rings. The van der Waals surface area contributed by atoms with Crippen molar-refractivity contribution in [2.75, 3.05) is 33.4 Å². The minimum Gasteiger partial charge on any atom is -1.00 e. The van der Waals surface area contributed by atoms with Crippen LogP contribution in [0.15, 0.2) is 148 Å². The van der Waals surface area contributed by atoms with Gasteiger partial charge < -0.3 is 94.1 Å². The molecule has 30 atom stereocenters. The number of hydrogen-bond acceptors (Lipinski definition) is 15. The van der Waals surface area contributed by atoms with Crippen molar-refractivity contribution in [3.63, 3.8) is 0 Å². The molecule has 21 rings (SSSR count). The van der Waals surface area contributed by atoms with Crippen molar-refractivity contribution in [1.82, 2.24) is 15.0 Å². The van der Waals surface area contributed by atoms with E-state index in [9.17, 15) is 45.0 Å². The van der Waals surface area contributed by atoms with Crippen LogP contribution >= 0.6 is 0 Å². The van der Waals surface area contributed by atoms with Crippen LogP contribution < -0.4 is 34.3 Å². The second-order valence-electron chi connectivity index (χ2n) is 48.1. The largest absolute Gasteiger partial charge is 1.00 e. The molecule has 19 nitrogen and oxygen atoms in total. The maximum atomic E-state index is 12.5. The van der Waals surface area contributed by atoms with Gasteiger partial charge in [-0.05, 0) is 378 Å². The topological polar surface area (TPSA) is 337 Å². The summed E-state index contributed by atoms with van der Waals surface area (Å²) in [6.45, 7) is 39.8. The van der Waals surface area contributed by atoms with Gasteiger partial charge in [-0.25, -0.2) is 14.4 Å². The number of aromatic nitrogens is 3. The lowest BCUT2D eigenvalue weighted by Crippen LogP contribution is -3.00. The number of aromatic amines is 3. The summed E-state index contributed by atoms with van der Waals surface area (Å²) >= 11 is 0. The molecule has 6 heterocycles. The van der Waals surface area contributed by atoms with Gasteiger partial charge >= 0.3 is 17.9 Å². The van der Waals surface area contributed by atoms with Crippen LogP contribution in [-0.2, 0) is 47.9 Å². The van der Waals surface area contributed by atoms with Crippen LogP contribution in [-0.4, -0.2) is 139 Å². The third kappa shape index (κ3) is 19.1. The Morgan fingerprint density at radius 1 is 0.500 bits per heavy atom. The van der Waals surface area contributed by atoms with E-state index >= 15 is 0 Å². The molecule has 12 aliphatic carbocycles. The second kappa shape index (κ2) is 41.8. The lowest BCUT2D eigenvalue weighted by atomic mass is 9.45. The molecule has 0 amide bonds. The average molecular weight is 1920 g/mol. The average Bonchev–Trinajstić information content (AvgIpc) is 1.42. The molecule has 9 saturated carbocycles. The number of aliphatic hydroxyl groups is 5. The number of nitrogens with two attached hydrogens (primary N) is 2. The van der Waals surface area contributed by atoms with E-state index in [2.05, 4.69) is 140 Å². The summed E-state index contributed by atoms with van der Waals surface area (Å²) < 4.78 is 22.8. The Kier molecular flexibility index (Phi) is 31.8. The Labute approximate surface area is 829 Å². The fraction of sp³-hybridized carbons (Fsp3) is 0.669. The standard InChI is InChI=1S/2C29H44O4.C29H44O3.C11H14N2O.C10H12N2O.C10H12N2.ClH/c1-16-13-19-7-8-20-21-9-10-23(29(6,32)25-15-17(2)18(3)26(31)33-25)27(21,4)12-11-22(20)28(19,5)24(30)14-16;1-16-12-19-6-7-20-23-9-8-22(18(3)25-14-17(2)21(15-30)27(32)33-25)28(23,4)11-10-24(20)29(19,5)26(31)13-16;1-16-13-20-7-8-21-23-10-9-22(19(4)25-15-17(2)18(3)27(31)32-25)28(23,5)12-11-24(21)29(20,6)26(30)14-16;1-14-9-2-3-11-10(6-9)8(4-5-12)7-13-11;11-4-3-7-6-12-10-2-1-8(13)5-9(7)10;11-6-5-8-7-12-10-4-2-1-3-9(8)10;/h7,16,20-25,30,32H,8-15H2,1-6H3;6,16,18,20,22-26,30-31H,7-15H2,1-5H3;7,16,19,21-26,30H,8-15H2,1-6H3;2-3,6-7,13H,4-5,12H2,1H3;1-2,5-6,12-13H,3-4,11H2;1-4,7,12H,5-6,11H2;1H/t16?,20?,21?,22?,23?,24-,25?,27?,28?,29+;16?,18-,20?,22?,23?,24?,25?,26-,28?,29?;16?,19-,21?,22?,23?,24?,25?,26-,28?,29?;;;;/m000..../s1. The molecule has 138 heavy (non-hydrogen) atoms. The van der Waals surface area contributed by atoms with Gasteiger partial charge in [0.2, 0.25) is 0 Å². The molecule has 3 aromatic heterocycles. The Hall–Kier alpha value is -7.30. The molecule has 0 radical (unpaired) electrons. The van der Waals surface area contributed by atoms with E-state index < -0.39 is 11.7 Å². The van der Waals surface area contributed by atoms with E-state index in [1.165, 1.54) is 120 Å². The Bertz CT molecular complexity index is 5570. The van der Waals surface area contributed by atoms with Gasteiger partial charge in [0.05, 0.1) is 44.1 Å². The highest BCUT2D eigenvalue weighted by molar-refractivity contribution is 5.91. The van der Waals surface area contributed by atoms with E-state index in [1.54, 1.807) is 24.8 Å². The Balaban J connectivity index is 0.000000131. The van der Waals surface area contributed by atoms with Gasteiger partial charge in [-0.3, -0.25) is 0 Å². The van der Waals surface area contributed by atoms with Crippen molar-refractivity contribution in [3.8, 4) is 11.5 Å². The molecular weight excluding hydrogens is 1740 g/mol. The van der Waals surface area contributed by atoms with Crippen molar-refractivity contribution in [2.45, 2.75) is 333 Å². The first-order chi connectivity index (χ1) is 65.1. The molecule has 758 valence electrons. The third-order valence-corrected chi connectivity index (χ3v) is 41.0. The van der Waals surface area contributed by atoms with Crippen LogP contribution in [0.3, 0.4) is 0 Å². The number of carbonyl (C=O) groups is 3. The van der Waals surface area contributed by atoms with Gasteiger partial charge in [0.1, 0.15) is 35.4 Å². The van der Waals surface area contributed by atoms with E-state index in [4.69, 9.17) is 30.4 Å². The summed E-state index contributed by atoms with van der Waals surface area (Å²) in [4.78, 5) is 46.9. The SMILES string of the molecule is CC1=C(C)C(=O)OC([C@@H](C)C2CCC3C4CC=C5CC(C)C[C@H](O)C5(C)C4CCC32C)C1.CC1=C(C)C(=O)OC([C@](C)(O)C2CCC3C4CC=C5CC(C)C[C@H](O)C5(C)C4CCC32C)C1.CC1=C(CO)C(=O)OC([C@@H](C)C2CCC3C4CC=C5CC(C)C[C@H](O)C5(C)C4CCC32C)C1.COc1ccc2[nH]cc(CCN)c2c1.NCCc1c[nH]c2ccccc12.[Cl-].[NH3+]CCc1c[nH]c2ccc(O)cc12. The summed E-state index contributed by atoms with van der Waals surface area (Å²) in [7, 11) is 1.68. The third-order valence-electron chi connectivity index (χ3n) is 41.0. The fourth-order valence-electron chi connectivity index (χ4n) is 32.8. The normalized spacial score (nSPS) is 37.9. The van der Waals surface area contributed by atoms with Crippen LogP contribution in [0.2, 0.25) is 0 Å². The number of phenolic OH excluding ortho intramolecular Hbond substituents is 1. The zero-order valence-electron chi connectivity index (χ0n) is 86.7. The maximum absolute atomic E-state index is 12.5. The van der Waals surface area contributed by atoms with Crippen molar-refractivity contribution < 1.29 is 82.1 Å². The molecule has 0 saturated heterocycles. The van der Waals surface area contributed by atoms with E-state index in [1.807, 2.05) is 83.5 Å².